The van der Waals surface area contributed by atoms with Gasteiger partial charge in [0.1, 0.15) is 11.6 Å². The Hall–Kier alpha value is -1.85. The van der Waals surface area contributed by atoms with Crippen LogP contribution in [0.15, 0.2) is 34.9 Å². The number of amides is 1. The zero-order chi connectivity index (χ0) is 13.0. The molecule has 1 aromatic carbocycles. The zero-order valence-corrected chi connectivity index (χ0v) is 9.93. The Balaban J connectivity index is 1.93. The molecule has 5 heteroatoms. The molecule has 2 rings (SSSR count). The number of benzene rings is 1. The first-order chi connectivity index (χ1) is 8.72. The summed E-state index contributed by atoms with van der Waals surface area (Å²) in [4.78, 5) is 11.3. The summed E-state index contributed by atoms with van der Waals surface area (Å²) in [5.41, 5.74) is 7.27. The molecule has 96 valence electrons. The van der Waals surface area contributed by atoms with Gasteiger partial charge in [0.05, 0.1) is 12.9 Å². The highest BCUT2D eigenvalue weighted by atomic mass is 16.3. The molecule has 0 aliphatic rings. The quantitative estimate of drug-likeness (QED) is 0.715. The minimum absolute atomic E-state index is 0.342. The lowest BCUT2D eigenvalue weighted by Gasteiger charge is -2.08. The van der Waals surface area contributed by atoms with Crippen molar-refractivity contribution in [2.45, 2.75) is 12.5 Å². The number of nitrogens with two attached hydrogens (primary N) is 1. The standard InChI is InChI=1S/C13H16N2O3/c14-11(7-16)13(17)15-6-5-9-8-18-12-4-2-1-3-10(9)12/h1-4,8,11,16H,5-7,14H2,(H,15,17). The molecule has 0 aliphatic heterocycles. The maximum Gasteiger partial charge on any atom is 0.239 e. The third-order valence-corrected chi connectivity index (χ3v) is 2.79. The Kier molecular flexibility index (Phi) is 3.96. The molecule has 1 atom stereocenters. The highest BCUT2D eigenvalue weighted by Gasteiger charge is 2.11. The number of fused-ring (bicyclic) bond motifs is 1. The van der Waals surface area contributed by atoms with Gasteiger partial charge in [-0.15, -0.1) is 0 Å². The first kappa shape index (κ1) is 12.6. The van der Waals surface area contributed by atoms with E-state index in [-0.39, 0.29) is 12.5 Å². The number of hydrogen-bond acceptors (Lipinski definition) is 4. The van der Waals surface area contributed by atoms with E-state index in [4.69, 9.17) is 15.3 Å². The van der Waals surface area contributed by atoms with Crippen LogP contribution in [0.4, 0.5) is 0 Å². The molecule has 0 radical (unpaired) electrons. The van der Waals surface area contributed by atoms with Crippen LogP contribution in [0.1, 0.15) is 5.56 Å². The van der Waals surface area contributed by atoms with Crippen LogP contribution < -0.4 is 11.1 Å². The van der Waals surface area contributed by atoms with Gasteiger partial charge in [-0.05, 0) is 18.1 Å². The van der Waals surface area contributed by atoms with Crippen molar-refractivity contribution in [2.75, 3.05) is 13.2 Å². The monoisotopic (exact) mass is 248 g/mol. The summed E-state index contributed by atoms with van der Waals surface area (Å²) >= 11 is 0. The van der Waals surface area contributed by atoms with Crippen LogP contribution >= 0.6 is 0 Å². The first-order valence-corrected chi connectivity index (χ1v) is 5.81. The van der Waals surface area contributed by atoms with Gasteiger partial charge >= 0.3 is 0 Å². The summed E-state index contributed by atoms with van der Waals surface area (Å²) in [6.07, 6.45) is 2.36. The van der Waals surface area contributed by atoms with Gasteiger partial charge in [0.15, 0.2) is 0 Å². The molecule has 2 aromatic rings. The minimum atomic E-state index is -0.855. The number of furan rings is 1. The Morgan fingerprint density at radius 2 is 2.22 bits per heavy atom. The molecule has 1 unspecified atom stereocenters. The van der Waals surface area contributed by atoms with Crippen LogP contribution in [0.2, 0.25) is 0 Å². The third kappa shape index (κ3) is 2.69. The van der Waals surface area contributed by atoms with Crippen LogP contribution in [0, 0.1) is 0 Å². The van der Waals surface area contributed by atoms with Crippen molar-refractivity contribution in [3.8, 4) is 0 Å². The maximum absolute atomic E-state index is 11.3. The second kappa shape index (κ2) is 5.66. The van der Waals surface area contributed by atoms with Crippen molar-refractivity contribution in [3.63, 3.8) is 0 Å². The molecule has 0 saturated carbocycles. The minimum Gasteiger partial charge on any atom is -0.464 e. The number of carbonyl (C=O) groups excluding carboxylic acids is 1. The number of carbonyl (C=O) groups is 1. The molecule has 0 fully saturated rings. The van der Waals surface area contributed by atoms with E-state index in [1.54, 1.807) is 6.26 Å². The summed E-state index contributed by atoms with van der Waals surface area (Å²) in [6.45, 7) is 0.122. The SMILES string of the molecule is NC(CO)C(=O)NCCc1coc2ccccc12. The Labute approximate surface area is 105 Å². The largest absolute Gasteiger partial charge is 0.464 e. The molecular weight excluding hydrogens is 232 g/mol. The molecule has 5 nitrogen and oxygen atoms in total. The lowest BCUT2D eigenvalue weighted by molar-refractivity contribution is -0.123. The summed E-state index contributed by atoms with van der Waals surface area (Å²) in [6, 6.07) is 6.89. The molecule has 1 aromatic heterocycles. The molecule has 1 heterocycles. The Morgan fingerprint density at radius 3 is 3.00 bits per heavy atom. The number of aliphatic hydroxyl groups is 1. The van der Waals surface area contributed by atoms with Gasteiger partial charge < -0.3 is 20.6 Å². The van der Waals surface area contributed by atoms with E-state index < -0.39 is 6.04 Å². The predicted octanol–water partition coefficient (Wildman–Crippen LogP) is 0.411. The van der Waals surface area contributed by atoms with E-state index in [9.17, 15) is 4.79 Å². The molecule has 0 aliphatic carbocycles. The van der Waals surface area contributed by atoms with Gasteiger partial charge in [0.2, 0.25) is 5.91 Å². The zero-order valence-electron chi connectivity index (χ0n) is 9.93. The highest BCUT2D eigenvalue weighted by molar-refractivity contribution is 5.82. The number of para-hydroxylation sites is 1. The van der Waals surface area contributed by atoms with Crippen LogP contribution in [0.3, 0.4) is 0 Å². The second-order valence-corrected chi connectivity index (χ2v) is 4.09. The smallest absolute Gasteiger partial charge is 0.239 e. The Morgan fingerprint density at radius 1 is 1.44 bits per heavy atom. The van der Waals surface area contributed by atoms with Gasteiger partial charge in [-0.1, -0.05) is 18.2 Å². The summed E-state index contributed by atoms with van der Waals surface area (Å²) in [5, 5.41) is 12.5. The highest BCUT2D eigenvalue weighted by Crippen LogP contribution is 2.20. The van der Waals surface area contributed by atoms with Crippen LogP contribution in [0.25, 0.3) is 11.0 Å². The van der Waals surface area contributed by atoms with E-state index in [0.717, 1.165) is 16.5 Å². The number of nitrogens with one attached hydrogen (secondary N) is 1. The number of hydrogen-bond donors (Lipinski definition) is 3. The lowest BCUT2D eigenvalue weighted by atomic mass is 10.1. The van der Waals surface area contributed by atoms with Gasteiger partial charge in [0, 0.05) is 11.9 Å². The lowest BCUT2D eigenvalue weighted by Crippen LogP contribution is -2.43. The van der Waals surface area contributed by atoms with E-state index in [1.807, 2.05) is 24.3 Å². The summed E-state index contributed by atoms with van der Waals surface area (Å²) in [5.74, 6) is -0.342. The van der Waals surface area contributed by atoms with Crippen LogP contribution in [0.5, 0.6) is 0 Å². The normalized spacial score (nSPS) is 12.6. The molecule has 4 N–H and O–H groups in total. The van der Waals surface area contributed by atoms with Gasteiger partial charge in [0.25, 0.3) is 0 Å². The van der Waals surface area contributed by atoms with Crippen molar-refractivity contribution >= 4 is 16.9 Å². The van der Waals surface area contributed by atoms with Crippen LogP contribution in [-0.2, 0) is 11.2 Å². The average Bonchev–Trinajstić information content (AvgIpc) is 2.81. The van der Waals surface area contributed by atoms with Crippen molar-refractivity contribution in [1.82, 2.24) is 5.32 Å². The maximum atomic E-state index is 11.3. The second-order valence-electron chi connectivity index (χ2n) is 4.09. The third-order valence-electron chi connectivity index (χ3n) is 2.79. The fourth-order valence-electron chi connectivity index (χ4n) is 1.76. The molecule has 1 amide bonds. The molecular formula is C13H16N2O3. The molecule has 0 saturated heterocycles. The van der Waals surface area contributed by atoms with Crippen molar-refractivity contribution in [1.29, 1.82) is 0 Å². The predicted molar refractivity (Wildman–Crippen MR) is 68.0 cm³/mol. The summed E-state index contributed by atoms with van der Waals surface area (Å²) < 4.78 is 5.40. The fourth-order valence-corrected chi connectivity index (χ4v) is 1.76. The van der Waals surface area contributed by atoms with E-state index in [2.05, 4.69) is 5.32 Å². The fraction of sp³-hybridized carbons (Fsp3) is 0.308. The van der Waals surface area contributed by atoms with Crippen molar-refractivity contribution < 1.29 is 14.3 Å². The van der Waals surface area contributed by atoms with E-state index in [0.29, 0.717) is 13.0 Å². The topological polar surface area (TPSA) is 88.5 Å². The number of aliphatic hydroxyl groups excluding tert-OH is 1. The van der Waals surface area contributed by atoms with E-state index >= 15 is 0 Å². The van der Waals surface area contributed by atoms with Gasteiger partial charge in [-0.2, -0.15) is 0 Å². The molecule has 0 bridgehead atoms. The number of rotatable bonds is 5. The molecule has 18 heavy (non-hydrogen) atoms. The average molecular weight is 248 g/mol. The van der Waals surface area contributed by atoms with E-state index in [1.165, 1.54) is 0 Å². The van der Waals surface area contributed by atoms with Gasteiger partial charge in [-0.25, -0.2) is 0 Å². The summed E-state index contributed by atoms with van der Waals surface area (Å²) in [7, 11) is 0. The van der Waals surface area contributed by atoms with Crippen molar-refractivity contribution in [2.24, 2.45) is 5.73 Å². The van der Waals surface area contributed by atoms with Gasteiger partial charge in [-0.3, -0.25) is 4.79 Å². The Bertz CT molecular complexity index is 536. The molecule has 0 spiro atoms. The van der Waals surface area contributed by atoms with Crippen LogP contribution in [-0.4, -0.2) is 30.2 Å². The van der Waals surface area contributed by atoms with Crippen molar-refractivity contribution in [3.05, 3.63) is 36.1 Å². The first-order valence-electron chi connectivity index (χ1n) is 5.81.